The summed E-state index contributed by atoms with van der Waals surface area (Å²) in [7, 11) is 0. The second kappa shape index (κ2) is 38.6. The zero-order valence-electron chi connectivity index (χ0n) is 34.6. The average Bonchev–Trinajstić information content (AvgIpc) is 3.50. The van der Waals surface area contributed by atoms with Gasteiger partial charge in [-0.15, -0.1) is 0 Å². The van der Waals surface area contributed by atoms with Crippen molar-refractivity contribution >= 4 is 0 Å². The fraction of sp³-hybridized carbons (Fsp3) is 0.957. The maximum Gasteiger partial charge on any atom is 0.101 e. The minimum absolute atomic E-state index is 0.638. The van der Waals surface area contributed by atoms with Crippen LogP contribution in [0.1, 0.15) is 271 Å². The van der Waals surface area contributed by atoms with Crippen LogP contribution in [-0.2, 0) is 0 Å². The fourth-order valence-corrected chi connectivity index (χ4v) is 8.13. The molecule has 0 amide bonds. The highest BCUT2D eigenvalue weighted by atomic mass is 15.4. The molecule has 49 heavy (non-hydrogen) atoms. The zero-order valence-corrected chi connectivity index (χ0v) is 34.6. The van der Waals surface area contributed by atoms with Crippen LogP contribution in [-0.4, -0.2) is 29.1 Å². The van der Waals surface area contributed by atoms with E-state index in [2.05, 4.69) is 43.0 Å². The molecule has 1 rings (SSSR count). The SMILES string of the molecule is CCCCCCCCCCCCCCCCCCCN1C=CN(CCCCCCCCCCCCCCCCC)C1CCCCCCCC. The van der Waals surface area contributed by atoms with E-state index in [4.69, 9.17) is 0 Å². The van der Waals surface area contributed by atoms with Gasteiger partial charge >= 0.3 is 0 Å². The van der Waals surface area contributed by atoms with Gasteiger partial charge in [0.25, 0.3) is 0 Å². The summed E-state index contributed by atoms with van der Waals surface area (Å²) in [4.78, 5) is 5.45. The molecule has 0 aromatic heterocycles. The van der Waals surface area contributed by atoms with Crippen LogP contribution in [0.15, 0.2) is 12.4 Å². The number of hydrogen-bond donors (Lipinski definition) is 0. The lowest BCUT2D eigenvalue weighted by atomic mass is 10.0. The molecular weight excluding hydrogens is 593 g/mol. The van der Waals surface area contributed by atoms with Crippen molar-refractivity contribution in [3.05, 3.63) is 12.4 Å². The molecule has 1 aliphatic rings. The highest BCUT2D eigenvalue weighted by Gasteiger charge is 2.24. The number of rotatable bonds is 41. The van der Waals surface area contributed by atoms with E-state index in [1.165, 1.54) is 264 Å². The lowest BCUT2D eigenvalue weighted by molar-refractivity contribution is 0.135. The summed E-state index contributed by atoms with van der Waals surface area (Å²) in [6, 6.07) is 0. The Morgan fingerprint density at radius 1 is 0.265 bits per heavy atom. The standard InChI is InChI=1S/C47H94N2/c1-4-7-10-13-16-18-20-22-24-25-27-29-31-33-35-38-41-44-49-46-45-48(47(49)42-39-36-15-12-9-6-3)43-40-37-34-32-30-28-26-23-21-19-17-14-11-8-5-2/h45-47H,4-44H2,1-3H3. The van der Waals surface area contributed by atoms with E-state index in [-0.39, 0.29) is 0 Å². The van der Waals surface area contributed by atoms with Crippen LogP contribution in [0.3, 0.4) is 0 Å². The molecule has 2 nitrogen and oxygen atoms in total. The van der Waals surface area contributed by atoms with Crippen LogP contribution in [0.4, 0.5) is 0 Å². The summed E-state index contributed by atoms with van der Waals surface area (Å²) in [6.45, 7) is 9.50. The largest absolute Gasteiger partial charge is 0.356 e. The molecule has 1 unspecified atom stereocenters. The van der Waals surface area contributed by atoms with Gasteiger partial charge in [0.15, 0.2) is 0 Å². The summed E-state index contributed by atoms with van der Waals surface area (Å²) in [5.41, 5.74) is 0. The second-order valence-electron chi connectivity index (χ2n) is 16.4. The van der Waals surface area contributed by atoms with Crippen molar-refractivity contribution in [1.82, 2.24) is 9.80 Å². The highest BCUT2D eigenvalue weighted by Crippen LogP contribution is 2.24. The van der Waals surface area contributed by atoms with Gasteiger partial charge in [-0.05, 0) is 25.7 Å². The third-order valence-electron chi connectivity index (χ3n) is 11.6. The van der Waals surface area contributed by atoms with Crippen LogP contribution in [0.2, 0.25) is 0 Å². The van der Waals surface area contributed by atoms with E-state index in [0.717, 1.165) is 0 Å². The van der Waals surface area contributed by atoms with Gasteiger partial charge in [0.05, 0.1) is 0 Å². The number of unbranched alkanes of at least 4 members (excludes halogenated alkanes) is 35. The summed E-state index contributed by atoms with van der Waals surface area (Å²) in [5, 5.41) is 0. The molecule has 2 heteroatoms. The minimum Gasteiger partial charge on any atom is -0.356 e. The Hall–Kier alpha value is -0.660. The topological polar surface area (TPSA) is 6.48 Å². The minimum atomic E-state index is 0.638. The molecule has 1 aliphatic heterocycles. The van der Waals surface area contributed by atoms with Crippen LogP contribution in [0.25, 0.3) is 0 Å². The Kier molecular flexibility index (Phi) is 36.5. The molecule has 0 N–H and O–H groups in total. The summed E-state index contributed by atoms with van der Waals surface area (Å²) in [6.07, 6.45) is 61.9. The normalized spacial score (nSPS) is 14.6. The first kappa shape index (κ1) is 46.4. The van der Waals surface area contributed by atoms with Gasteiger partial charge in [0.2, 0.25) is 0 Å². The Morgan fingerprint density at radius 2 is 0.469 bits per heavy atom. The predicted molar refractivity (Wildman–Crippen MR) is 223 cm³/mol. The first-order valence-electron chi connectivity index (χ1n) is 23.5. The van der Waals surface area contributed by atoms with Crippen LogP contribution >= 0.6 is 0 Å². The molecule has 0 radical (unpaired) electrons. The van der Waals surface area contributed by atoms with E-state index in [0.29, 0.717) is 6.17 Å². The van der Waals surface area contributed by atoms with Crippen molar-refractivity contribution < 1.29 is 0 Å². The summed E-state index contributed by atoms with van der Waals surface area (Å²) >= 11 is 0. The van der Waals surface area contributed by atoms with Crippen molar-refractivity contribution in [1.29, 1.82) is 0 Å². The molecule has 0 fully saturated rings. The molecule has 0 aromatic rings. The van der Waals surface area contributed by atoms with Crippen molar-refractivity contribution in [2.75, 3.05) is 13.1 Å². The maximum atomic E-state index is 2.72. The average molecular weight is 687 g/mol. The predicted octanol–water partition coefficient (Wildman–Crippen LogP) is 16.7. The zero-order chi connectivity index (χ0) is 35.1. The Balaban J connectivity index is 2.09. The van der Waals surface area contributed by atoms with Crippen molar-refractivity contribution in [2.45, 2.75) is 277 Å². The van der Waals surface area contributed by atoms with Gasteiger partial charge in [0.1, 0.15) is 6.17 Å². The Morgan fingerprint density at radius 3 is 0.714 bits per heavy atom. The van der Waals surface area contributed by atoms with Crippen molar-refractivity contribution in [3.8, 4) is 0 Å². The summed E-state index contributed by atoms with van der Waals surface area (Å²) in [5.74, 6) is 0. The molecular formula is C47H94N2. The van der Waals surface area contributed by atoms with E-state index >= 15 is 0 Å². The first-order valence-corrected chi connectivity index (χ1v) is 23.5. The molecule has 1 atom stereocenters. The smallest absolute Gasteiger partial charge is 0.101 e. The van der Waals surface area contributed by atoms with Crippen molar-refractivity contribution in [3.63, 3.8) is 0 Å². The monoisotopic (exact) mass is 687 g/mol. The van der Waals surface area contributed by atoms with E-state index < -0.39 is 0 Å². The molecule has 0 saturated carbocycles. The number of nitrogens with zero attached hydrogens (tertiary/aromatic N) is 2. The van der Waals surface area contributed by atoms with Gasteiger partial charge in [0, 0.05) is 25.5 Å². The van der Waals surface area contributed by atoms with E-state index in [1.807, 2.05) is 0 Å². The molecule has 0 bridgehead atoms. The lowest BCUT2D eigenvalue weighted by Crippen LogP contribution is -2.39. The third-order valence-corrected chi connectivity index (χ3v) is 11.6. The summed E-state index contributed by atoms with van der Waals surface area (Å²) < 4.78 is 0. The van der Waals surface area contributed by atoms with Crippen LogP contribution in [0.5, 0.6) is 0 Å². The van der Waals surface area contributed by atoms with Gasteiger partial charge in [-0.2, -0.15) is 0 Å². The first-order chi connectivity index (χ1) is 24.3. The molecule has 1 heterocycles. The molecule has 0 spiro atoms. The van der Waals surface area contributed by atoms with Gasteiger partial charge in [-0.25, -0.2) is 0 Å². The quantitative estimate of drug-likeness (QED) is 0.0591. The molecule has 0 aliphatic carbocycles. The molecule has 0 aromatic carbocycles. The van der Waals surface area contributed by atoms with Gasteiger partial charge in [-0.1, -0.05) is 245 Å². The Bertz CT molecular complexity index is 644. The fourth-order valence-electron chi connectivity index (χ4n) is 8.13. The van der Waals surface area contributed by atoms with Gasteiger partial charge < -0.3 is 9.80 Å². The lowest BCUT2D eigenvalue weighted by Gasteiger charge is -2.33. The van der Waals surface area contributed by atoms with E-state index in [1.54, 1.807) is 0 Å². The van der Waals surface area contributed by atoms with Crippen molar-refractivity contribution in [2.24, 2.45) is 0 Å². The molecule has 292 valence electrons. The Labute approximate surface area is 311 Å². The third kappa shape index (κ3) is 30.7. The highest BCUT2D eigenvalue weighted by molar-refractivity contribution is 4.97. The van der Waals surface area contributed by atoms with Gasteiger partial charge in [-0.3, -0.25) is 0 Å². The van der Waals surface area contributed by atoms with E-state index in [9.17, 15) is 0 Å². The van der Waals surface area contributed by atoms with Crippen LogP contribution in [0, 0.1) is 0 Å². The second-order valence-corrected chi connectivity index (χ2v) is 16.4. The maximum absolute atomic E-state index is 2.72. The molecule has 0 saturated heterocycles. The van der Waals surface area contributed by atoms with Crippen LogP contribution < -0.4 is 0 Å². The number of hydrogen-bond acceptors (Lipinski definition) is 2.